The Bertz CT molecular complexity index is 829. The predicted octanol–water partition coefficient (Wildman–Crippen LogP) is 8.16. The molecule has 0 saturated carbocycles. The van der Waals surface area contributed by atoms with Crippen LogP contribution in [0.15, 0.2) is 53.5 Å². The zero-order chi connectivity index (χ0) is 23.7. The zero-order valence-electron chi connectivity index (χ0n) is 20.7. The number of nitrogens with zero attached hydrogens (tertiary/aromatic N) is 1. The lowest BCUT2D eigenvalue weighted by molar-refractivity contribution is 0.0447. The van der Waals surface area contributed by atoms with Crippen LogP contribution in [0.25, 0.3) is 0 Å². The first-order valence-corrected chi connectivity index (χ1v) is 12.7. The van der Waals surface area contributed by atoms with Crippen molar-refractivity contribution in [1.29, 1.82) is 0 Å². The van der Waals surface area contributed by atoms with E-state index >= 15 is 0 Å². The van der Waals surface area contributed by atoms with Crippen molar-refractivity contribution in [1.82, 2.24) is 0 Å². The Morgan fingerprint density at radius 1 is 0.909 bits per heavy atom. The fourth-order valence-electron chi connectivity index (χ4n) is 3.38. The molecule has 33 heavy (non-hydrogen) atoms. The Hall–Kier alpha value is -2.62. The molecule has 0 saturated heterocycles. The molecule has 4 heteroatoms. The Labute approximate surface area is 200 Å². The Morgan fingerprint density at radius 3 is 2.27 bits per heavy atom. The van der Waals surface area contributed by atoms with E-state index < -0.39 is 0 Å². The lowest BCUT2D eigenvalue weighted by Crippen LogP contribution is -2.11. The maximum absolute atomic E-state index is 12.1. The third kappa shape index (κ3) is 10.7. The summed E-state index contributed by atoms with van der Waals surface area (Å²) in [6.07, 6.45) is 13.1. The number of esters is 1. The third-order valence-corrected chi connectivity index (χ3v) is 5.83. The molecule has 0 aliphatic heterocycles. The van der Waals surface area contributed by atoms with Gasteiger partial charge in [-0.15, -0.1) is 0 Å². The van der Waals surface area contributed by atoms with E-state index in [0.717, 1.165) is 36.4 Å². The van der Waals surface area contributed by atoms with Gasteiger partial charge in [-0.3, -0.25) is 4.99 Å². The number of unbranched alkanes of at least 4 members (excludes halogenated alkanes) is 7. The van der Waals surface area contributed by atoms with E-state index in [4.69, 9.17) is 9.47 Å². The summed E-state index contributed by atoms with van der Waals surface area (Å²) in [4.78, 5) is 16.7. The van der Waals surface area contributed by atoms with Gasteiger partial charge in [-0.25, -0.2) is 4.79 Å². The van der Waals surface area contributed by atoms with Crippen molar-refractivity contribution in [2.45, 2.75) is 78.6 Å². The van der Waals surface area contributed by atoms with E-state index in [1.54, 1.807) is 12.1 Å². The topological polar surface area (TPSA) is 47.9 Å². The average molecular weight is 452 g/mol. The number of carbonyl (C=O) groups is 1. The molecule has 0 radical (unpaired) electrons. The lowest BCUT2D eigenvalue weighted by atomic mass is 10.1. The second-order valence-electron chi connectivity index (χ2n) is 8.78. The summed E-state index contributed by atoms with van der Waals surface area (Å²) in [5.74, 6) is 0.940. The van der Waals surface area contributed by atoms with E-state index in [0.29, 0.717) is 18.1 Å². The summed E-state index contributed by atoms with van der Waals surface area (Å²) >= 11 is 0. The molecule has 0 heterocycles. The zero-order valence-corrected chi connectivity index (χ0v) is 20.7. The SMILES string of the molecule is CCCCCCCCCCOc1ccccc1/C=N\c1ccc(C(=O)OC[C@@H](C)CC)cc1. The second kappa shape index (κ2) is 16.1. The average Bonchev–Trinajstić information content (AvgIpc) is 2.85. The van der Waals surface area contributed by atoms with Crippen LogP contribution in [-0.2, 0) is 4.74 Å². The highest BCUT2D eigenvalue weighted by Crippen LogP contribution is 2.19. The molecule has 0 aliphatic rings. The number of hydrogen-bond acceptors (Lipinski definition) is 4. The van der Waals surface area contributed by atoms with Crippen LogP contribution in [0.4, 0.5) is 5.69 Å². The molecule has 0 unspecified atom stereocenters. The fourth-order valence-corrected chi connectivity index (χ4v) is 3.38. The monoisotopic (exact) mass is 451 g/mol. The minimum atomic E-state index is -0.287. The van der Waals surface area contributed by atoms with Gasteiger partial charge in [0.25, 0.3) is 0 Å². The molecular weight excluding hydrogens is 410 g/mol. The lowest BCUT2D eigenvalue weighted by Gasteiger charge is -2.09. The highest BCUT2D eigenvalue weighted by molar-refractivity contribution is 5.90. The van der Waals surface area contributed by atoms with Crippen molar-refractivity contribution < 1.29 is 14.3 Å². The highest BCUT2D eigenvalue weighted by atomic mass is 16.5. The van der Waals surface area contributed by atoms with Gasteiger partial charge >= 0.3 is 5.97 Å². The maximum Gasteiger partial charge on any atom is 0.338 e. The molecular formula is C29H41NO3. The van der Waals surface area contributed by atoms with Crippen molar-refractivity contribution in [2.24, 2.45) is 10.9 Å². The van der Waals surface area contributed by atoms with E-state index in [-0.39, 0.29) is 5.97 Å². The van der Waals surface area contributed by atoms with Gasteiger partial charge in [0.05, 0.1) is 24.5 Å². The van der Waals surface area contributed by atoms with E-state index in [2.05, 4.69) is 25.8 Å². The van der Waals surface area contributed by atoms with E-state index in [9.17, 15) is 4.79 Å². The van der Waals surface area contributed by atoms with E-state index in [1.165, 1.54) is 44.9 Å². The first-order chi connectivity index (χ1) is 16.1. The molecule has 2 rings (SSSR count). The molecule has 4 nitrogen and oxygen atoms in total. The van der Waals surface area contributed by atoms with Crippen LogP contribution in [0.2, 0.25) is 0 Å². The molecule has 2 aromatic rings. The van der Waals surface area contributed by atoms with Crippen LogP contribution in [-0.4, -0.2) is 25.4 Å². The summed E-state index contributed by atoms with van der Waals surface area (Å²) in [5, 5.41) is 0. The number of para-hydroxylation sites is 1. The first-order valence-electron chi connectivity index (χ1n) is 12.7. The number of hydrogen-bond donors (Lipinski definition) is 0. The van der Waals surface area contributed by atoms with Crippen molar-refractivity contribution >= 4 is 17.9 Å². The number of rotatable bonds is 16. The molecule has 0 spiro atoms. The predicted molar refractivity (Wildman–Crippen MR) is 138 cm³/mol. The number of aliphatic imine (C=N–C) groups is 1. The first kappa shape index (κ1) is 26.6. The Kier molecular flexibility index (Phi) is 13.0. The molecule has 0 amide bonds. The van der Waals surface area contributed by atoms with Gasteiger partial charge in [0.2, 0.25) is 0 Å². The summed E-state index contributed by atoms with van der Waals surface area (Å²) in [7, 11) is 0. The molecule has 0 bridgehead atoms. The third-order valence-electron chi connectivity index (χ3n) is 5.83. The Morgan fingerprint density at radius 2 is 1.58 bits per heavy atom. The van der Waals surface area contributed by atoms with Crippen molar-refractivity contribution in [2.75, 3.05) is 13.2 Å². The minimum Gasteiger partial charge on any atom is -0.493 e. The second-order valence-corrected chi connectivity index (χ2v) is 8.78. The van der Waals surface area contributed by atoms with Crippen LogP contribution in [0.1, 0.15) is 94.5 Å². The van der Waals surface area contributed by atoms with E-state index in [1.807, 2.05) is 42.6 Å². The normalized spacial score (nSPS) is 12.1. The number of ether oxygens (including phenoxy) is 2. The Balaban J connectivity index is 1.80. The quantitative estimate of drug-likeness (QED) is 0.147. The standard InChI is InChI=1S/C29H41NO3/c1-4-6-7-8-9-10-11-14-21-32-28-16-13-12-15-26(28)22-30-27-19-17-25(18-20-27)29(31)33-23-24(3)5-2/h12-13,15-20,22,24H,4-11,14,21,23H2,1-3H3/b30-22-/t24-/m0/s1. The van der Waals surface area contributed by atoms with Crippen LogP contribution < -0.4 is 4.74 Å². The summed E-state index contributed by atoms with van der Waals surface area (Å²) in [5.41, 5.74) is 2.28. The van der Waals surface area contributed by atoms with Gasteiger partial charge in [0.15, 0.2) is 0 Å². The number of benzene rings is 2. The molecule has 1 atom stereocenters. The maximum atomic E-state index is 12.1. The van der Waals surface area contributed by atoms with Crippen molar-refractivity contribution in [3.05, 3.63) is 59.7 Å². The van der Waals surface area contributed by atoms with Gasteiger partial charge in [0.1, 0.15) is 5.75 Å². The van der Waals surface area contributed by atoms with Crippen molar-refractivity contribution in [3.8, 4) is 5.75 Å². The summed E-state index contributed by atoms with van der Waals surface area (Å²) < 4.78 is 11.4. The van der Waals surface area contributed by atoms with Gasteiger partial charge in [-0.1, -0.05) is 84.3 Å². The molecule has 0 fully saturated rings. The molecule has 180 valence electrons. The molecule has 0 aliphatic carbocycles. The molecule has 0 aromatic heterocycles. The summed E-state index contributed by atoms with van der Waals surface area (Å²) in [6.45, 7) is 7.59. The summed E-state index contributed by atoms with van der Waals surface area (Å²) in [6, 6.07) is 15.2. The van der Waals surface area contributed by atoms with Gasteiger partial charge in [-0.05, 0) is 48.7 Å². The van der Waals surface area contributed by atoms with Gasteiger partial charge in [0, 0.05) is 11.8 Å². The minimum absolute atomic E-state index is 0.287. The number of carbonyl (C=O) groups excluding carboxylic acids is 1. The smallest absolute Gasteiger partial charge is 0.338 e. The van der Waals surface area contributed by atoms with Crippen LogP contribution >= 0.6 is 0 Å². The van der Waals surface area contributed by atoms with Gasteiger partial charge in [-0.2, -0.15) is 0 Å². The van der Waals surface area contributed by atoms with Crippen LogP contribution in [0.3, 0.4) is 0 Å². The van der Waals surface area contributed by atoms with Gasteiger partial charge < -0.3 is 9.47 Å². The van der Waals surface area contributed by atoms with Crippen LogP contribution in [0, 0.1) is 5.92 Å². The largest absolute Gasteiger partial charge is 0.493 e. The molecule has 0 N–H and O–H groups in total. The van der Waals surface area contributed by atoms with Crippen molar-refractivity contribution in [3.63, 3.8) is 0 Å². The highest BCUT2D eigenvalue weighted by Gasteiger charge is 2.09. The molecule has 2 aromatic carbocycles. The van der Waals surface area contributed by atoms with Crippen LogP contribution in [0.5, 0.6) is 5.75 Å². The fraction of sp³-hybridized carbons (Fsp3) is 0.517.